The molecular weight excluding hydrogens is 329 g/mol. The summed E-state index contributed by atoms with van der Waals surface area (Å²) in [6.07, 6.45) is 1.04. The second-order valence-corrected chi connectivity index (χ2v) is 5.61. The molecule has 1 atom stereocenters. The lowest BCUT2D eigenvalue weighted by atomic mass is 10.1. The number of amides is 1. The summed E-state index contributed by atoms with van der Waals surface area (Å²) in [5, 5.41) is 9.69. The van der Waals surface area contributed by atoms with Gasteiger partial charge in [0.05, 0.1) is 5.56 Å². The number of benzene rings is 1. The Morgan fingerprint density at radius 2 is 2.18 bits per heavy atom. The van der Waals surface area contributed by atoms with E-state index in [1.807, 2.05) is 0 Å². The number of nitrogens with zero attached hydrogens (tertiary/aromatic N) is 1. The van der Waals surface area contributed by atoms with Gasteiger partial charge in [0.25, 0.3) is 5.91 Å². The van der Waals surface area contributed by atoms with Crippen molar-refractivity contribution in [3.05, 3.63) is 27.3 Å². The molecule has 0 saturated heterocycles. The Morgan fingerprint density at radius 3 is 2.76 bits per heavy atom. The van der Waals surface area contributed by atoms with Crippen molar-refractivity contribution >= 4 is 28.5 Å². The van der Waals surface area contributed by atoms with Crippen LogP contribution in [0.15, 0.2) is 18.2 Å². The first kappa shape index (κ1) is 14.3. The Labute approximate surface area is 116 Å². The number of phenolic OH excluding ortho intramolecular Hbond substituents is 1. The molecule has 1 amide bonds. The molecule has 1 unspecified atom stereocenters. The minimum atomic E-state index is -0.124. The van der Waals surface area contributed by atoms with Gasteiger partial charge < -0.3 is 10.0 Å². The Kier molecular flexibility index (Phi) is 5.24. The van der Waals surface area contributed by atoms with Crippen molar-refractivity contribution in [1.82, 2.24) is 4.90 Å². The van der Waals surface area contributed by atoms with E-state index < -0.39 is 0 Å². The van der Waals surface area contributed by atoms with Gasteiger partial charge in [0.15, 0.2) is 0 Å². The molecule has 4 heteroatoms. The Balaban J connectivity index is 2.85. The fourth-order valence-corrected chi connectivity index (χ4v) is 2.06. The summed E-state index contributed by atoms with van der Waals surface area (Å²) in [5.41, 5.74) is 0.378. The highest BCUT2D eigenvalue weighted by atomic mass is 127. The summed E-state index contributed by atoms with van der Waals surface area (Å²) in [6.45, 7) is 4.92. The monoisotopic (exact) mass is 347 g/mol. The molecule has 1 N–H and O–H groups in total. The van der Waals surface area contributed by atoms with E-state index in [2.05, 4.69) is 36.4 Å². The molecule has 0 aromatic heterocycles. The van der Waals surface area contributed by atoms with Gasteiger partial charge in [-0.05, 0) is 46.7 Å². The smallest absolute Gasteiger partial charge is 0.257 e. The summed E-state index contributed by atoms with van der Waals surface area (Å²) < 4.78 is 0.945. The number of hydrogen-bond acceptors (Lipinski definition) is 2. The van der Waals surface area contributed by atoms with Crippen LogP contribution in [0.25, 0.3) is 0 Å². The first-order valence-electron chi connectivity index (χ1n) is 5.69. The lowest BCUT2D eigenvalue weighted by Crippen LogP contribution is -2.31. The van der Waals surface area contributed by atoms with Crippen molar-refractivity contribution < 1.29 is 9.90 Å². The number of carbonyl (C=O) groups is 1. The molecule has 0 heterocycles. The summed E-state index contributed by atoms with van der Waals surface area (Å²) in [6, 6.07) is 5.05. The van der Waals surface area contributed by atoms with Gasteiger partial charge in [-0.15, -0.1) is 0 Å². The van der Waals surface area contributed by atoms with Crippen LogP contribution in [0.1, 0.15) is 30.6 Å². The molecule has 0 aliphatic carbocycles. The largest absolute Gasteiger partial charge is 0.507 e. The maximum atomic E-state index is 12.1. The Hall–Kier alpha value is -0.780. The lowest BCUT2D eigenvalue weighted by Gasteiger charge is -2.21. The topological polar surface area (TPSA) is 40.5 Å². The molecule has 94 valence electrons. The van der Waals surface area contributed by atoms with E-state index >= 15 is 0 Å². The third kappa shape index (κ3) is 3.87. The number of rotatable bonds is 4. The van der Waals surface area contributed by atoms with E-state index in [4.69, 9.17) is 0 Å². The highest BCUT2D eigenvalue weighted by Gasteiger charge is 2.17. The maximum absolute atomic E-state index is 12.1. The van der Waals surface area contributed by atoms with Crippen LogP contribution in [0.5, 0.6) is 5.75 Å². The molecule has 0 saturated carbocycles. The molecule has 1 rings (SSSR count). The van der Waals surface area contributed by atoms with Gasteiger partial charge in [-0.1, -0.05) is 20.3 Å². The predicted molar refractivity (Wildman–Crippen MR) is 77.2 cm³/mol. The zero-order valence-corrected chi connectivity index (χ0v) is 12.6. The van der Waals surface area contributed by atoms with Crippen LogP contribution in [0.3, 0.4) is 0 Å². The zero-order chi connectivity index (χ0) is 13.0. The van der Waals surface area contributed by atoms with Crippen molar-refractivity contribution in [2.45, 2.75) is 20.3 Å². The van der Waals surface area contributed by atoms with Gasteiger partial charge in [0.1, 0.15) is 5.75 Å². The first-order chi connectivity index (χ1) is 7.95. The van der Waals surface area contributed by atoms with Crippen molar-refractivity contribution in [2.75, 3.05) is 13.6 Å². The standard InChI is InChI=1S/C13H18INO2/c1-4-9(2)8-15(3)13(17)11-7-10(14)5-6-12(11)16/h5-7,9,16H,4,8H2,1-3H3. The molecule has 0 fully saturated rings. The molecule has 0 spiro atoms. The number of carbonyl (C=O) groups excluding carboxylic acids is 1. The first-order valence-corrected chi connectivity index (χ1v) is 6.77. The Bertz CT molecular complexity index is 406. The van der Waals surface area contributed by atoms with E-state index in [-0.39, 0.29) is 11.7 Å². The normalized spacial score (nSPS) is 12.2. The van der Waals surface area contributed by atoms with Crippen LogP contribution in [0.4, 0.5) is 0 Å². The molecule has 1 aromatic rings. The van der Waals surface area contributed by atoms with E-state index in [0.717, 1.165) is 9.99 Å². The fourth-order valence-electron chi connectivity index (χ4n) is 1.56. The average molecular weight is 347 g/mol. The quantitative estimate of drug-likeness (QED) is 0.851. The summed E-state index contributed by atoms with van der Waals surface area (Å²) in [4.78, 5) is 13.8. The van der Waals surface area contributed by atoms with Gasteiger partial charge in [-0.3, -0.25) is 4.79 Å². The molecule has 0 radical (unpaired) electrons. The molecule has 0 bridgehead atoms. The zero-order valence-electron chi connectivity index (χ0n) is 10.4. The summed E-state index contributed by atoms with van der Waals surface area (Å²) in [7, 11) is 1.77. The van der Waals surface area contributed by atoms with Crippen molar-refractivity contribution in [2.24, 2.45) is 5.92 Å². The van der Waals surface area contributed by atoms with Crippen LogP contribution < -0.4 is 0 Å². The van der Waals surface area contributed by atoms with Gasteiger partial charge in [-0.2, -0.15) is 0 Å². The molecule has 0 aliphatic heterocycles. The van der Waals surface area contributed by atoms with Crippen LogP contribution in [0, 0.1) is 9.49 Å². The third-order valence-electron chi connectivity index (χ3n) is 2.82. The average Bonchev–Trinajstić information content (AvgIpc) is 2.31. The SMILES string of the molecule is CCC(C)CN(C)C(=O)c1cc(I)ccc1O. The van der Waals surface area contributed by atoms with Crippen molar-refractivity contribution in [3.63, 3.8) is 0 Å². The Morgan fingerprint density at radius 1 is 1.53 bits per heavy atom. The van der Waals surface area contributed by atoms with Crippen molar-refractivity contribution in [3.8, 4) is 5.75 Å². The van der Waals surface area contributed by atoms with Crippen LogP contribution >= 0.6 is 22.6 Å². The van der Waals surface area contributed by atoms with Gasteiger partial charge in [0, 0.05) is 17.2 Å². The summed E-state index contributed by atoms with van der Waals surface area (Å²) >= 11 is 2.13. The highest BCUT2D eigenvalue weighted by molar-refractivity contribution is 14.1. The van der Waals surface area contributed by atoms with Crippen molar-refractivity contribution in [1.29, 1.82) is 0 Å². The minimum Gasteiger partial charge on any atom is -0.507 e. The van der Waals surface area contributed by atoms with E-state index in [1.54, 1.807) is 30.1 Å². The number of aromatic hydroxyl groups is 1. The van der Waals surface area contributed by atoms with E-state index in [1.165, 1.54) is 0 Å². The van der Waals surface area contributed by atoms with Gasteiger partial charge >= 0.3 is 0 Å². The third-order valence-corrected chi connectivity index (χ3v) is 3.49. The maximum Gasteiger partial charge on any atom is 0.257 e. The second kappa shape index (κ2) is 6.23. The molecule has 1 aromatic carbocycles. The van der Waals surface area contributed by atoms with Crippen LogP contribution in [-0.2, 0) is 0 Å². The van der Waals surface area contributed by atoms with E-state index in [9.17, 15) is 9.90 Å². The summed E-state index contributed by atoms with van der Waals surface area (Å²) in [5.74, 6) is 0.390. The number of phenols is 1. The molecule has 3 nitrogen and oxygen atoms in total. The van der Waals surface area contributed by atoms with Crippen LogP contribution in [-0.4, -0.2) is 29.5 Å². The second-order valence-electron chi connectivity index (χ2n) is 4.36. The van der Waals surface area contributed by atoms with Crippen LogP contribution in [0.2, 0.25) is 0 Å². The van der Waals surface area contributed by atoms with Gasteiger partial charge in [0.2, 0.25) is 0 Å². The molecule has 0 aliphatic rings. The minimum absolute atomic E-state index is 0.0476. The number of hydrogen-bond donors (Lipinski definition) is 1. The fraction of sp³-hybridized carbons (Fsp3) is 0.462. The van der Waals surface area contributed by atoms with E-state index in [0.29, 0.717) is 18.0 Å². The lowest BCUT2D eigenvalue weighted by molar-refractivity contribution is 0.0772. The molecular formula is C13H18INO2. The van der Waals surface area contributed by atoms with Gasteiger partial charge in [-0.25, -0.2) is 0 Å². The predicted octanol–water partition coefficient (Wildman–Crippen LogP) is 3.11. The number of halogens is 1. The highest BCUT2D eigenvalue weighted by Crippen LogP contribution is 2.21. The molecule has 17 heavy (non-hydrogen) atoms.